The maximum absolute atomic E-state index is 12.2. The van der Waals surface area contributed by atoms with Gasteiger partial charge in [-0.05, 0) is 43.3 Å². The van der Waals surface area contributed by atoms with E-state index in [1.807, 2.05) is 0 Å². The molecule has 2 aromatic carbocycles. The summed E-state index contributed by atoms with van der Waals surface area (Å²) in [7, 11) is 0. The van der Waals surface area contributed by atoms with Gasteiger partial charge >= 0.3 is 5.97 Å². The van der Waals surface area contributed by atoms with Gasteiger partial charge in [-0.15, -0.1) is 11.8 Å². The molecule has 2 aromatic rings. The zero-order valence-corrected chi connectivity index (χ0v) is 15.9. The molecule has 1 atom stereocenters. The number of benzene rings is 2. The number of hydrogen-bond acceptors (Lipinski definition) is 5. The summed E-state index contributed by atoms with van der Waals surface area (Å²) in [5, 5.41) is 3.16. The van der Waals surface area contributed by atoms with E-state index in [4.69, 9.17) is 27.9 Å². The smallest absolute Gasteiger partial charge is 0.338 e. The van der Waals surface area contributed by atoms with Crippen molar-refractivity contribution in [3.8, 4) is 0 Å². The van der Waals surface area contributed by atoms with E-state index in [0.717, 1.165) is 4.90 Å². The second-order valence-corrected chi connectivity index (χ2v) is 7.81. The highest BCUT2D eigenvalue weighted by Crippen LogP contribution is 2.36. The van der Waals surface area contributed by atoms with Crippen LogP contribution in [0.4, 0.5) is 5.69 Å². The van der Waals surface area contributed by atoms with E-state index in [2.05, 4.69) is 5.32 Å². The Balaban J connectivity index is 1.68. The van der Waals surface area contributed by atoms with Crippen LogP contribution in [0.5, 0.6) is 0 Å². The number of halogens is 2. The molecule has 5 nitrogen and oxygen atoms in total. The van der Waals surface area contributed by atoms with Crippen LogP contribution in [0.2, 0.25) is 10.0 Å². The molecule has 0 spiro atoms. The number of hydrogen-bond donors (Lipinski definition) is 1. The third-order valence-electron chi connectivity index (χ3n) is 3.71. The summed E-state index contributed by atoms with van der Waals surface area (Å²) in [5.41, 5.74) is 1.03. The van der Waals surface area contributed by atoms with Crippen LogP contribution in [-0.4, -0.2) is 29.5 Å². The number of ether oxygens (including phenoxy) is 1. The van der Waals surface area contributed by atoms with Crippen molar-refractivity contribution in [1.29, 1.82) is 0 Å². The second kappa shape index (κ2) is 7.70. The summed E-state index contributed by atoms with van der Waals surface area (Å²) in [6, 6.07) is 9.33. The zero-order valence-electron chi connectivity index (χ0n) is 13.5. The number of esters is 1. The molecule has 1 amide bonds. The molecule has 1 aliphatic rings. The van der Waals surface area contributed by atoms with Gasteiger partial charge in [0.05, 0.1) is 21.5 Å². The first-order valence-electron chi connectivity index (χ1n) is 7.62. The Morgan fingerprint density at radius 2 is 1.96 bits per heavy atom. The van der Waals surface area contributed by atoms with Gasteiger partial charge in [0, 0.05) is 15.5 Å². The third kappa shape index (κ3) is 4.03. The maximum Gasteiger partial charge on any atom is 0.338 e. The Bertz CT molecular complexity index is 916. The second-order valence-electron chi connectivity index (χ2n) is 5.58. The molecule has 0 saturated heterocycles. The molecule has 0 saturated carbocycles. The van der Waals surface area contributed by atoms with E-state index in [1.54, 1.807) is 19.1 Å². The maximum atomic E-state index is 12.2. The van der Waals surface area contributed by atoms with Gasteiger partial charge in [-0.1, -0.05) is 23.2 Å². The van der Waals surface area contributed by atoms with Gasteiger partial charge in [-0.2, -0.15) is 0 Å². The molecule has 8 heteroatoms. The zero-order chi connectivity index (χ0) is 18.8. The van der Waals surface area contributed by atoms with Crippen molar-refractivity contribution in [2.45, 2.75) is 17.1 Å². The lowest BCUT2D eigenvalue weighted by atomic mass is 10.1. The highest BCUT2D eigenvalue weighted by Gasteiger charge is 2.24. The van der Waals surface area contributed by atoms with Crippen molar-refractivity contribution in [3.05, 3.63) is 57.6 Å². The van der Waals surface area contributed by atoms with Crippen molar-refractivity contribution < 1.29 is 19.1 Å². The molecule has 0 unspecified atom stereocenters. The number of rotatable bonds is 4. The van der Waals surface area contributed by atoms with Crippen LogP contribution < -0.4 is 5.32 Å². The molecule has 0 radical (unpaired) electrons. The van der Waals surface area contributed by atoms with E-state index in [1.165, 1.54) is 36.0 Å². The van der Waals surface area contributed by atoms with Crippen LogP contribution in [0.25, 0.3) is 0 Å². The van der Waals surface area contributed by atoms with E-state index in [9.17, 15) is 14.4 Å². The molecule has 1 N–H and O–H groups in total. The lowest BCUT2D eigenvalue weighted by Gasteiger charge is -2.21. The van der Waals surface area contributed by atoms with E-state index < -0.39 is 18.4 Å². The molecule has 3 rings (SSSR count). The highest BCUT2D eigenvalue weighted by atomic mass is 35.5. The molecule has 26 heavy (non-hydrogen) atoms. The number of amides is 1. The van der Waals surface area contributed by atoms with Crippen LogP contribution in [0, 0.1) is 0 Å². The monoisotopic (exact) mass is 409 g/mol. The summed E-state index contributed by atoms with van der Waals surface area (Å²) in [6.45, 7) is 1.36. The summed E-state index contributed by atoms with van der Waals surface area (Å²) in [4.78, 5) is 37.0. The Kier molecular flexibility index (Phi) is 5.55. The van der Waals surface area contributed by atoms with Crippen LogP contribution in [0.3, 0.4) is 0 Å². The quantitative estimate of drug-likeness (QED) is 0.595. The average Bonchev–Trinajstić information content (AvgIpc) is 2.60. The Labute approximate surface area is 164 Å². The highest BCUT2D eigenvalue weighted by molar-refractivity contribution is 8.00. The molecular formula is C18H13Cl2NO4S. The minimum absolute atomic E-state index is 0.124. The Hall–Kier alpha value is -2.02. The third-order valence-corrected chi connectivity index (χ3v) is 5.44. The predicted molar refractivity (Wildman–Crippen MR) is 101 cm³/mol. The van der Waals surface area contributed by atoms with Gasteiger partial charge in [0.25, 0.3) is 0 Å². The van der Waals surface area contributed by atoms with Crippen molar-refractivity contribution in [2.24, 2.45) is 0 Å². The fraction of sp³-hybridized carbons (Fsp3) is 0.167. The van der Waals surface area contributed by atoms with Crippen LogP contribution in [-0.2, 0) is 9.53 Å². The normalized spacial score (nSPS) is 15.8. The first kappa shape index (κ1) is 18.8. The topological polar surface area (TPSA) is 72.5 Å². The summed E-state index contributed by atoms with van der Waals surface area (Å²) < 4.78 is 5.07. The summed E-state index contributed by atoms with van der Waals surface area (Å²) in [6.07, 6.45) is 0. The van der Waals surface area contributed by atoms with Gasteiger partial charge in [0.2, 0.25) is 11.7 Å². The molecule has 0 fully saturated rings. The molecule has 1 aliphatic heterocycles. The largest absolute Gasteiger partial charge is 0.454 e. The number of Topliss-reactive ketones (excluding diaryl/α,β-unsaturated/α-hetero) is 1. The molecule has 134 valence electrons. The van der Waals surface area contributed by atoms with Gasteiger partial charge in [-0.25, -0.2) is 4.79 Å². The van der Waals surface area contributed by atoms with E-state index in [0.29, 0.717) is 10.7 Å². The number of nitrogens with one attached hydrogen (secondary N) is 1. The van der Waals surface area contributed by atoms with Crippen LogP contribution >= 0.6 is 35.0 Å². The predicted octanol–water partition coefficient (Wildman–Crippen LogP) is 4.47. The van der Waals surface area contributed by atoms with Crippen molar-refractivity contribution in [2.75, 3.05) is 11.9 Å². The number of ketones is 1. The lowest BCUT2D eigenvalue weighted by molar-refractivity contribution is -0.115. The Morgan fingerprint density at radius 3 is 2.69 bits per heavy atom. The number of fused-ring (bicyclic) bond motifs is 1. The molecule has 0 aromatic heterocycles. The Morgan fingerprint density at radius 1 is 1.19 bits per heavy atom. The average molecular weight is 410 g/mol. The summed E-state index contributed by atoms with van der Waals surface area (Å²) >= 11 is 13.2. The standard InChI is InChI=1S/C18H13Cl2NO4S/c1-9-17(23)21-14-6-10(2-5-16(14)26-9)18(24)25-8-15(22)12-4-3-11(19)7-13(12)20/h2-7,9H,8H2,1H3,(H,21,23)/t9-/m0/s1. The van der Waals surface area contributed by atoms with Crippen molar-refractivity contribution >= 4 is 58.3 Å². The lowest BCUT2D eigenvalue weighted by Crippen LogP contribution is -2.26. The van der Waals surface area contributed by atoms with Gasteiger partial charge in [0.1, 0.15) is 0 Å². The van der Waals surface area contributed by atoms with Gasteiger partial charge < -0.3 is 10.1 Å². The number of anilines is 1. The molecule has 1 heterocycles. The minimum atomic E-state index is -0.663. The molecule has 0 bridgehead atoms. The fourth-order valence-corrected chi connectivity index (χ4v) is 3.79. The van der Waals surface area contributed by atoms with Crippen LogP contribution in [0.15, 0.2) is 41.3 Å². The van der Waals surface area contributed by atoms with Gasteiger partial charge in [-0.3, -0.25) is 9.59 Å². The first-order valence-corrected chi connectivity index (χ1v) is 9.25. The van der Waals surface area contributed by atoms with E-state index in [-0.39, 0.29) is 27.3 Å². The SMILES string of the molecule is C[C@@H]1Sc2ccc(C(=O)OCC(=O)c3ccc(Cl)cc3Cl)cc2NC1=O. The molecule has 0 aliphatic carbocycles. The number of carbonyl (C=O) groups is 3. The van der Waals surface area contributed by atoms with Crippen molar-refractivity contribution in [1.82, 2.24) is 0 Å². The fourth-order valence-electron chi connectivity index (χ4n) is 2.34. The number of carbonyl (C=O) groups excluding carboxylic acids is 3. The van der Waals surface area contributed by atoms with Crippen molar-refractivity contribution in [3.63, 3.8) is 0 Å². The molecular weight excluding hydrogens is 397 g/mol. The first-order chi connectivity index (χ1) is 12.3. The summed E-state index contributed by atoms with van der Waals surface area (Å²) in [5.74, 6) is -1.22. The minimum Gasteiger partial charge on any atom is -0.454 e. The van der Waals surface area contributed by atoms with Gasteiger partial charge in [0.15, 0.2) is 6.61 Å². The van der Waals surface area contributed by atoms with Crippen LogP contribution in [0.1, 0.15) is 27.6 Å². The van der Waals surface area contributed by atoms with E-state index >= 15 is 0 Å². The number of thioether (sulfide) groups is 1.